The Balaban J connectivity index is 0.971. The minimum absolute atomic E-state index is 0.0878. The number of urea groups is 1. The molecule has 12 nitrogen and oxygen atoms in total. The Hall–Kier alpha value is -5.95. The van der Waals surface area contributed by atoms with Crippen molar-refractivity contribution >= 4 is 39.8 Å². The molecule has 2 aromatic heterocycles. The molecule has 1 aliphatic heterocycles. The van der Waals surface area contributed by atoms with Crippen molar-refractivity contribution < 1.29 is 28.8 Å². The first-order valence-electron chi connectivity index (χ1n) is 14.2. The number of thiazole rings is 1. The highest BCUT2D eigenvalue weighted by atomic mass is 32.1. The van der Waals surface area contributed by atoms with Gasteiger partial charge in [0.25, 0.3) is 0 Å². The number of nitrogens with zero attached hydrogens (tertiary/aromatic N) is 2. The molecule has 6 aromatic rings. The van der Waals surface area contributed by atoms with Gasteiger partial charge in [0.1, 0.15) is 29.7 Å². The monoisotopic (exact) mass is 637 g/mol. The van der Waals surface area contributed by atoms with Crippen molar-refractivity contribution in [3.8, 4) is 34.6 Å². The molecule has 2 amide bonds. The van der Waals surface area contributed by atoms with Gasteiger partial charge >= 0.3 is 10.9 Å². The number of nitrogens with one attached hydrogen (secondary N) is 3. The Morgan fingerprint density at radius 1 is 0.957 bits per heavy atom. The Kier molecular flexibility index (Phi) is 7.64. The van der Waals surface area contributed by atoms with Crippen molar-refractivity contribution in [3.63, 3.8) is 0 Å². The first kappa shape index (κ1) is 28.8. The number of aromatic nitrogens is 3. The lowest BCUT2D eigenvalue weighted by atomic mass is 10.1. The van der Waals surface area contributed by atoms with Crippen LogP contribution in [0.1, 0.15) is 16.3 Å². The summed E-state index contributed by atoms with van der Waals surface area (Å²) in [5.74, 6) is 3.70. The summed E-state index contributed by atoms with van der Waals surface area (Å²) in [5.41, 5.74) is 3.75. The fourth-order valence-electron chi connectivity index (χ4n) is 4.96. The topological polar surface area (TPSA) is 149 Å². The molecule has 7 rings (SSSR count). The molecule has 13 heteroatoms. The largest absolute Gasteiger partial charge is 0.494 e. The minimum atomic E-state index is -0.408. The van der Waals surface area contributed by atoms with Gasteiger partial charge in [-0.3, -0.25) is 9.78 Å². The number of rotatable bonds is 9. The molecule has 4 aromatic carbocycles. The molecule has 0 unspecified atom stereocenters. The molecule has 4 N–H and O–H groups in total. The van der Waals surface area contributed by atoms with E-state index in [2.05, 4.69) is 15.6 Å². The predicted octanol–water partition coefficient (Wildman–Crippen LogP) is 6.36. The molecule has 0 spiro atoms. The zero-order chi connectivity index (χ0) is 31.6. The SMILES string of the molecule is Cn1c(COc2ccc(Cc3sc(=O)[nH]c3O)cc2)nc2ccc(Oc3cccc(NC(=O)Nc4ccc5c(c4)OCO5)c3)cc21. The van der Waals surface area contributed by atoms with Gasteiger partial charge in [-0.05, 0) is 54.1 Å². The van der Waals surface area contributed by atoms with Crippen LogP contribution in [0.15, 0.2) is 89.7 Å². The average molecular weight is 638 g/mol. The third-order valence-electron chi connectivity index (χ3n) is 7.26. The number of anilines is 2. The van der Waals surface area contributed by atoms with Crippen molar-refractivity contribution in [3.05, 3.63) is 111 Å². The lowest BCUT2D eigenvalue weighted by molar-refractivity contribution is 0.174. The van der Waals surface area contributed by atoms with Crippen LogP contribution >= 0.6 is 11.3 Å². The third kappa shape index (κ3) is 6.30. The fraction of sp³-hybridized carbons (Fsp3) is 0.121. The van der Waals surface area contributed by atoms with Crippen molar-refractivity contribution in [1.82, 2.24) is 14.5 Å². The summed E-state index contributed by atoms with van der Waals surface area (Å²) in [4.78, 5) is 31.4. The summed E-state index contributed by atoms with van der Waals surface area (Å²) in [6.45, 7) is 0.414. The normalized spacial score (nSPS) is 11.8. The number of imidazole rings is 1. The number of carbonyl (C=O) groups excluding carboxylic acids is 1. The van der Waals surface area contributed by atoms with E-state index < -0.39 is 6.03 Å². The number of aromatic amines is 1. The van der Waals surface area contributed by atoms with Crippen molar-refractivity contribution in [1.29, 1.82) is 0 Å². The van der Waals surface area contributed by atoms with Crippen molar-refractivity contribution in [2.24, 2.45) is 7.05 Å². The fourth-order valence-corrected chi connectivity index (χ4v) is 5.72. The van der Waals surface area contributed by atoms with Crippen LogP contribution in [0, 0.1) is 0 Å². The van der Waals surface area contributed by atoms with Crippen LogP contribution in [0.25, 0.3) is 11.0 Å². The summed E-state index contributed by atoms with van der Waals surface area (Å²) in [5, 5.41) is 15.4. The van der Waals surface area contributed by atoms with Crippen LogP contribution in [-0.2, 0) is 20.1 Å². The second-order valence-electron chi connectivity index (χ2n) is 10.4. The van der Waals surface area contributed by atoms with Gasteiger partial charge in [-0.2, -0.15) is 0 Å². The Morgan fingerprint density at radius 3 is 2.52 bits per heavy atom. The first-order valence-corrected chi connectivity index (χ1v) is 15.0. The van der Waals surface area contributed by atoms with Gasteiger partial charge in [0.05, 0.1) is 15.9 Å². The smallest absolute Gasteiger partial charge is 0.323 e. The number of H-pyrrole nitrogens is 1. The van der Waals surface area contributed by atoms with Gasteiger partial charge in [-0.25, -0.2) is 9.78 Å². The number of fused-ring (bicyclic) bond motifs is 2. The summed E-state index contributed by atoms with van der Waals surface area (Å²) in [7, 11) is 1.92. The molecule has 1 aliphatic rings. The van der Waals surface area contributed by atoms with Crippen LogP contribution in [0.3, 0.4) is 0 Å². The van der Waals surface area contributed by atoms with Crippen molar-refractivity contribution in [2.45, 2.75) is 13.0 Å². The van der Waals surface area contributed by atoms with Gasteiger partial charge in [0, 0.05) is 43.0 Å². The van der Waals surface area contributed by atoms with E-state index in [1.54, 1.807) is 36.4 Å². The minimum Gasteiger partial charge on any atom is -0.494 e. The molecule has 0 saturated carbocycles. The summed E-state index contributed by atoms with van der Waals surface area (Å²) < 4.78 is 24.7. The average Bonchev–Trinajstić information content (AvgIpc) is 3.73. The number of aromatic hydroxyl groups is 1. The van der Waals surface area contributed by atoms with Crippen LogP contribution < -0.4 is 34.5 Å². The highest BCUT2D eigenvalue weighted by Crippen LogP contribution is 2.34. The molecule has 0 atom stereocenters. The van der Waals surface area contributed by atoms with E-state index in [0.717, 1.165) is 33.8 Å². The molecule has 3 heterocycles. The molecule has 46 heavy (non-hydrogen) atoms. The number of benzene rings is 4. The number of ether oxygens (including phenoxy) is 4. The second-order valence-corrected chi connectivity index (χ2v) is 11.5. The quantitative estimate of drug-likeness (QED) is 0.143. The van der Waals surface area contributed by atoms with E-state index in [1.807, 2.05) is 60.1 Å². The van der Waals surface area contributed by atoms with Crippen LogP contribution in [0.4, 0.5) is 16.2 Å². The van der Waals surface area contributed by atoms with E-state index in [0.29, 0.717) is 51.4 Å². The number of hydrogen-bond acceptors (Lipinski definition) is 9. The van der Waals surface area contributed by atoms with Crippen LogP contribution in [0.2, 0.25) is 0 Å². The van der Waals surface area contributed by atoms with E-state index in [4.69, 9.17) is 23.9 Å². The third-order valence-corrected chi connectivity index (χ3v) is 8.13. The molecule has 0 saturated heterocycles. The highest BCUT2D eigenvalue weighted by molar-refractivity contribution is 7.09. The lowest BCUT2D eigenvalue weighted by Crippen LogP contribution is -2.19. The van der Waals surface area contributed by atoms with Gasteiger partial charge in [-0.1, -0.05) is 29.5 Å². The Morgan fingerprint density at radius 2 is 1.72 bits per heavy atom. The van der Waals surface area contributed by atoms with Gasteiger partial charge in [0.15, 0.2) is 11.5 Å². The van der Waals surface area contributed by atoms with E-state index in [9.17, 15) is 14.7 Å². The maximum absolute atomic E-state index is 12.6. The number of carbonyl (C=O) groups is 1. The Labute approximate surface area is 265 Å². The number of hydrogen-bond donors (Lipinski definition) is 4. The lowest BCUT2D eigenvalue weighted by Gasteiger charge is -2.11. The van der Waals surface area contributed by atoms with Crippen LogP contribution in [-0.4, -0.2) is 32.5 Å². The molecule has 232 valence electrons. The zero-order valence-electron chi connectivity index (χ0n) is 24.4. The van der Waals surface area contributed by atoms with Gasteiger partial charge in [-0.15, -0.1) is 0 Å². The molecule has 0 radical (unpaired) electrons. The van der Waals surface area contributed by atoms with Crippen LogP contribution in [0.5, 0.6) is 34.6 Å². The number of amides is 2. The second kappa shape index (κ2) is 12.2. The maximum atomic E-state index is 12.6. The molecular formula is C33H27N5O7S. The Bertz CT molecular complexity index is 2120. The molecule has 0 aliphatic carbocycles. The predicted molar refractivity (Wildman–Crippen MR) is 173 cm³/mol. The van der Waals surface area contributed by atoms with Crippen molar-refractivity contribution in [2.75, 3.05) is 17.4 Å². The van der Waals surface area contributed by atoms with Gasteiger partial charge < -0.3 is 39.3 Å². The highest BCUT2D eigenvalue weighted by Gasteiger charge is 2.15. The van der Waals surface area contributed by atoms with E-state index in [-0.39, 0.29) is 24.2 Å². The summed E-state index contributed by atoms with van der Waals surface area (Å²) >= 11 is 0.995. The summed E-state index contributed by atoms with van der Waals surface area (Å²) in [6, 6.07) is 25.0. The summed E-state index contributed by atoms with van der Waals surface area (Å²) in [6.07, 6.45) is 0.448. The van der Waals surface area contributed by atoms with E-state index >= 15 is 0 Å². The maximum Gasteiger partial charge on any atom is 0.323 e. The van der Waals surface area contributed by atoms with E-state index in [1.165, 1.54) is 0 Å². The zero-order valence-corrected chi connectivity index (χ0v) is 25.2. The standard InChI is InChI=1S/C33H27N5O7S/c1-38-26-16-24(45-23-4-2-3-20(14-23)34-32(40)35-21-7-12-27-28(15-21)44-18-43-27)10-11-25(26)36-30(38)17-42-22-8-5-19(6-9-22)13-29-31(39)37-33(41)46-29/h2-12,14-16,39H,13,17-18H2,1H3,(H,37,41)(H2,34,35,40). The number of aryl methyl sites for hydroxylation is 1. The first-order chi connectivity index (χ1) is 22.4. The molecular weight excluding hydrogens is 610 g/mol. The molecule has 0 fully saturated rings. The van der Waals surface area contributed by atoms with Gasteiger partial charge in [0.2, 0.25) is 12.7 Å². The molecule has 0 bridgehead atoms.